The quantitative estimate of drug-likeness (QED) is 0.523. The fourth-order valence-corrected chi connectivity index (χ4v) is 4.00. The van der Waals surface area contributed by atoms with Gasteiger partial charge in [0.1, 0.15) is 0 Å². The standard InChI is InChI=1S/C22H25N3O5S/c1-5-15(3)25-31(27,28)19-12-10-18(11-13-19)22(26)29-16(4)20-23-24-21(30-20)17-8-6-14(2)7-9-17/h6-13,15-16,25H,5H2,1-4H3. The summed E-state index contributed by atoms with van der Waals surface area (Å²) in [5.41, 5.74) is 2.10. The normalized spacial score (nSPS) is 13.5. The molecule has 0 spiro atoms. The molecule has 0 bridgehead atoms. The predicted octanol–water partition coefficient (Wildman–Crippen LogP) is 4.04. The highest BCUT2D eigenvalue weighted by Crippen LogP contribution is 2.23. The van der Waals surface area contributed by atoms with Gasteiger partial charge in [-0.2, -0.15) is 0 Å². The molecular formula is C22H25N3O5S. The van der Waals surface area contributed by atoms with E-state index < -0.39 is 22.1 Å². The average Bonchev–Trinajstić information content (AvgIpc) is 3.24. The third-order valence-electron chi connectivity index (χ3n) is 4.74. The molecule has 31 heavy (non-hydrogen) atoms. The number of hydrogen-bond acceptors (Lipinski definition) is 7. The van der Waals surface area contributed by atoms with Crippen LogP contribution in [0.5, 0.6) is 0 Å². The van der Waals surface area contributed by atoms with E-state index in [1.165, 1.54) is 24.3 Å². The second kappa shape index (κ2) is 9.40. The van der Waals surface area contributed by atoms with Crippen LogP contribution < -0.4 is 4.72 Å². The molecule has 0 fully saturated rings. The smallest absolute Gasteiger partial charge is 0.338 e. The van der Waals surface area contributed by atoms with Gasteiger partial charge in [-0.05, 0) is 63.6 Å². The minimum Gasteiger partial charge on any atom is -0.449 e. The number of benzene rings is 2. The molecule has 0 saturated carbocycles. The van der Waals surface area contributed by atoms with Crippen molar-refractivity contribution in [2.24, 2.45) is 0 Å². The summed E-state index contributed by atoms with van der Waals surface area (Å²) in [5.74, 6) is -0.122. The van der Waals surface area contributed by atoms with E-state index in [-0.39, 0.29) is 22.4 Å². The van der Waals surface area contributed by atoms with E-state index in [1.807, 2.05) is 38.1 Å². The summed E-state index contributed by atoms with van der Waals surface area (Å²) in [7, 11) is -3.64. The average molecular weight is 444 g/mol. The fraction of sp³-hybridized carbons (Fsp3) is 0.318. The van der Waals surface area contributed by atoms with Crippen LogP contribution in [0.15, 0.2) is 57.8 Å². The highest BCUT2D eigenvalue weighted by molar-refractivity contribution is 7.89. The summed E-state index contributed by atoms with van der Waals surface area (Å²) in [5, 5.41) is 7.97. The van der Waals surface area contributed by atoms with E-state index in [0.717, 1.165) is 11.1 Å². The molecule has 1 aromatic heterocycles. The Hall–Kier alpha value is -3.04. The summed E-state index contributed by atoms with van der Waals surface area (Å²) in [6.07, 6.45) is -0.0993. The van der Waals surface area contributed by atoms with Crippen molar-refractivity contribution in [2.75, 3.05) is 0 Å². The summed E-state index contributed by atoms with van der Waals surface area (Å²) >= 11 is 0. The number of esters is 1. The lowest BCUT2D eigenvalue weighted by Gasteiger charge is -2.13. The number of aromatic nitrogens is 2. The Kier molecular flexibility index (Phi) is 6.87. The zero-order valence-corrected chi connectivity index (χ0v) is 18.6. The van der Waals surface area contributed by atoms with Crippen LogP contribution >= 0.6 is 0 Å². The van der Waals surface area contributed by atoms with Gasteiger partial charge in [0.25, 0.3) is 5.89 Å². The first-order valence-corrected chi connectivity index (χ1v) is 11.4. The van der Waals surface area contributed by atoms with Crippen LogP contribution in [0.4, 0.5) is 0 Å². The minimum atomic E-state index is -3.64. The zero-order chi connectivity index (χ0) is 22.6. The molecule has 2 atom stereocenters. The Labute approximate surface area is 181 Å². The SMILES string of the molecule is CCC(C)NS(=O)(=O)c1ccc(C(=O)OC(C)c2nnc(-c3ccc(C)cc3)o2)cc1. The van der Waals surface area contributed by atoms with Crippen molar-refractivity contribution >= 4 is 16.0 Å². The van der Waals surface area contributed by atoms with Crippen molar-refractivity contribution in [1.82, 2.24) is 14.9 Å². The molecule has 0 aliphatic rings. The van der Waals surface area contributed by atoms with Crippen molar-refractivity contribution in [3.8, 4) is 11.5 Å². The van der Waals surface area contributed by atoms with Crippen LogP contribution in [0.3, 0.4) is 0 Å². The van der Waals surface area contributed by atoms with Crippen molar-refractivity contribution in [2.45, 2.75) is 51.2 Å². The van der Waals surface area contributed by atoms with Crippen molar-refractivity contribution < 1.29 is 22.4 Å². The third kappa shape index (κ3) is 5.56. The number of aryl methyl sites for hydroxylation is 1. The van der Waals surface area contributed by atoms with E-state index in [2.05, 4.69) is 14.9 Å². The molecule has 0 aliphatic carbocycles. The molecule has 9 heteroatoms. The van der Waals surface area contributed by atoms with Gasteiger partial charge in [-0.25, -0.2) is 17.9 Å². The van der Waals surface area contributed by atoms with Crippen LogP contribution in [0.1, 0.15) is 55.1 Å². The Morgan fingerprint density at radius 2 is 1.71 bits per heavy atom. The Morgan fingerprint density at radius 1 is 1.06 bits per heavy atom. The van der Waals surface area contributed by atoms with Gasteiger partial charge in [0.2, 0.25) is 15.9 Å². The number of carbonyl (C=O) groups is 1. The second-order valence-electron chi connectivity index (χ2n) is 7.31. The molecule has 0 radical (unpaired) electrons. The Bertz CT molecular complexity index is 1140. The molecule has 3 aromatic rings. The first-order valence-electron chi connectivity index (χ1n) is 9.93. The van der Waals surface area contributed by atoms with Crippen LogP contribution in [-0.4, -0.2) is 30.6 Å². The van der Waals surface area contributed by atoms with Gasteiger partial charge >= 0.3 is 5.97 Å². The van der Waals surface area contributed by atoms with Gasteiger partial charge in [-0.1, -0.05) is 24.6 Å². The van der Waals surface area contributed by atoms with Crippen LogP contribution in [0.25, 0.3) is 11.5 Å². The van der Waals surface area contributed by atoms with E-state index >= 15 is 0 Å². The maximum absolute atomic E-state index is 12.5. The molecule has 0 aliphatic heterocycles. The van der Waals surface area contributed by atoms with Gasteiger partial charge < -0.3 is 9.15 Å². The van der Waals surface area contributed by atoms with Crippen LogP contribution in [0, 0.1) is 6.92 Å². The van der Waals surface area contributed by atoms with Crippen LogP contribution in [0.2, 0.25) is 0 Å². The summed E-state index contributed by atoms with van der Waals surface area (Å²) < 4.78 is 38.3. The van der Waals surface area contributed by atoms with Gasteiger partial charge in [0.15, 0.2) is 6.10 Å². The molecule has 2 aromatic carbocycles. The largest absolute Gasteiger partial charge is 0.449 e. The monoisotopic (exact) mass is 443 g/mol. The van der Waals surface area contributed by atoms with Crippen LogP contribution in [-0.2, 0) is 14.8 Å². The molecule has 2 unspecified atom stereocenters. The minimum absolute atomic E-state index is 0.0806. The summed E-state index contributed by atoms with van der Waals surface area (Å²) in [6.45, 7) is 7.28. The lowest BCUT2D eigenvalue weighted by molar-refractivity contribution is 0.0279. The summed E-state index contributed by atoms with van der Waals surface area (Å²) in [4.78, 5) is 12.5. The number of hydrogen-bond donors (Lipinski definition) is 1. The fourth-order valence-electron chi connectivity index (χ4n) is 2.68. The number of ether oxygens (including phenoxy) is 1. The molecule has 8 nitrogen and oxygen atoms in total. The van der Waals surface area contributed by atoms with Gasteiger partial charge in [-0.3, -0.25) is 0 Å². The number of carbonyl (C=O) groups excluding carboxylic acids is 1. The number of nitrogens with one attached hydrogen (secondary N) is 1. The Balaban J connectivity index is 1.67. The van der Waals surface area contributed by atoms with Crippen molar-refractivity contribution in [1.29, 1.82) is 0 Å². The van der Waals surface area contributed by atoms with Gasteiger partial charge in [0, 0.05) is 11.6 Å². The zero-order valence-electron chi connectivity index (χ0n) is 17.8. The molecule has 164 valence electrons. The molecule has 0 amide bonds. The molecule has 1 heterocycles. The first-order chi connectivity index (χ1) is 14.7. The molecule has 0 saturated heterocycles. The molecule has 1 N–H and O–H groups in total. The third-order valence-corrected chi connectivity index (χ3v) is 6.35. The number of sulfonamides is 1. The molecule has 3 rings (SSSR count). The Morgan fingerprint density at radius 3 is 2.32 bits per heavy atom. The first kappa shape index (κ1) is 22.6. The number of nitrogens with zero attached hydrogens (tertiary/aromatic N) is 2. The highest BCUT2D eigenvalue weighted by Gasteiger charge is 2.21. The van der Waals surface area contributed by atoms with Crippen molar-refractivity contribution in [3.05, 3.63) is 65.5 Å². The van der Waals surface area contributed by atoms with E-state index in [4.69, 9.17) is 9.15 Å². The summed E-state index contributed by atoms with van der Waals surface area (Å²) in [6, 6.07) is 13.0. The van der Waals surface area contributed by atoms with E-state index in [1.54, 1.807) is 13.8 Å². The van der Waals surface area contributed by atoms with Gasteiger partial charge in [-0.15, -0.1) is 10.2 Å². The number of rotatable bonds is 8. The van der Waals surface area contributed by atoms with Gasteiger partial charge in [0.05, 0.1) is 10.5 Å². The highest BCUT2D eigenvalue weighted by atomic mass is 32.2. The van der Waals surface area contributed by atoms with Crippen molar-refractivity contribution in [3.63, 3.8) is 0 Å². The lowest BCUT2D eigenvalue weighted by atomic mass is 10.1. The van der Waals surface area contributed by atoms with E-state index in [9.17, 15) is 13.2 Å². The van der Waals surface area contributed by atoms with E-state index in [0.29, 0.717) is 12.3 Å². The maximum atomic E-state index is 12.5. The lowest BCUT2D eigenvalue weighted by Crippen LogP contribution is -2.32. The molecular weight excluding hydrogens is 418 g/mol. The maximum Gasteiger partial charge on any atom is 0.338 e. The topological polar surface area (TPSA) is 111 Å². The second-order valence-corrected chi connectivity index (χ2v) is 9.03. The predicted molar refractivity (Wildman–Crippen MR) is 115 cm³/mol.